The molecule has 4 N–H and O–H groups in total. The number of rotatable bonds is 11. The van der Waals surface area contributed by atoms with Crippen molar-refractivity contribution in [2.75, 3.05) is 5.32 Å². The van der Waals surface area contributed by atoms with E-state index in [1.54, 1.807) is 10.6 Å². The summed E-state index contributed by atoms with van der Waals surface area (Å²) in [6, 6.07) is 16.0. The molecule has 4 aromatic rings. The van der Waals surface area contributed by atoms with Crippen LogP contribution in [0.4, 0.5) is 18.9 Å². The number of benzene rings is 3. The van der Waals surface area contributed by atoms with Crippen molar-refractivity contribution in [3.63, 3.8) is 0 Å². The number of aliphatic hydroxyl groups is 2. The largest absolute Gasteiger partial charge is 1.00 e. The number of hydrogen-bond donors (Lipinski definition) is 4. The molecule has 0 saturated heterocycles. The summed E-state index contributed by atoms with van der Waals surface area (Å²) >= 11 is 0. The third-order valence-electron chi connectivity index (χ3n) is 6.74. The van der Waals surface area contributed by atoms with E-state index in [1.165, 1.54) is 78.9 Å². The summed E-state index contributed by atoms with van der Waals surface area (Å²) in [5.74, 6) is -3.22. The van der Waals surface area contributed by atoms with Crippen LogP contribution < -0.4 is 34.9 Å². The standard InChI is InChI=1S/C33H31F3N2O5.Na.H/c1-19(2)38-28(16-15-26(39)17-27(40)18-29(41)42)30(20-3-7-22(34)8-4-20)31(21-5-9-23(35)10-6-21)32(38)33(43)37-25-13-11-24(36)12-14-25;;/h3-16,19,26-27,39-40H,17-18H2,1-2H3,(H,37,43)(H,41,42);;/q;+1;-1/t26-,27-;;/m1../s1. The minimum Gasteiger partial charge on any atom is -1.00 e. The van der Waals surface area contributed by atoms with Gasteiger partial charge in [0.15, 0.2) is 0 Å². The van der Waals surface area contributed by atoms with Crippen molar-refractivity contribution in [3.05, 3.63) is 108 Å². The van der Waals surface area contributed by atoms with Gasteiger partial charge in [-0.25, -0.2) is 13.2 Å². The van der Waals surface area contributed by atoms with E-state index < -0.39 is 48.0 Å². The predicted molar refractivity (Wildman–Crippen MR) is 159 cm³/mol. The quantitative estimate of drug-likeness (QED) is 0.192. The summed E-state index contributed by atoms with van der Waals surface area (Å²) in [6.45, 7) is 3.67. The van der Waals surface area contributed by atoms with Gasteiger partial charge >= 0.3 is 35.5 Å². The van der Waals surface area contributed by atoms with Crippen LogP contribution in [0.2, 0.25) is 0 Å². The molecule has 0 aliphatic rings. The summed E-state index contributed by atoms with van der Waals surface area (Å²) in [6.07, 6.45) is -0.397. The molecule has 0 spiro atoms. The summed E-state index contributed by atoms with van der Waals surface area (Å²) in [4.78, 5) is 25.0. The number of carbonyl (C=O) groups excluding carboxylic acids is 1. The molecule has 1 aromatic heterocycles. The van der Waals surface area contributed by atoms with E-state index in [0.29, 0.717) is 33.6 Å². The van der Waals surface area contributed by atoms with Gasteiger partial charge in [0.25, 0.3) is 5.91 Å². The zero-order chi connectivity index (χ0) is 31.3. The van der Waals surface area contributed by atoms with E-state index in [9.17, 15) is 33.0 Å². The minimum atomic E-state index is -1.29. The molecular formula is C33H32F3N2NaO5. The molecule has 7 nitrogen and oxygen atoms in total. The molecule has 0 saturated carbocycles. The van der Waals surface area contributed by atoms with Gasteiger partial charge in [-0.15, -0.1) is 0 Å². The van der Waals surface area contributed by atoms with E-state index in [4.69, 9.17) is 5.11 Å². The molecule has 3 aromatic carbocycles. The van der Waals surface area contributed by atoms with Crippen molar-refractivity contribution in [1.82, 2.24) is 4.57 Å². The Hall–Kier alpha value is -3.67. The summed E-state index contributed by atoms with van der Waals surface area (Å²) in [7, 11) is 0. The second-order valence-electron chi connectivity index (χ2n) is 10.3. The van der Waals surface area contributed by atoms with Gasteiger partial charge in [-0.3, -0.25) is 9.59 Å². The van der Waals surface area contributed by atoms with Gasteiger partial charge in [-0.1, -0.05) is 30.3 Å². The maximum atomic E-state index is 14.0. The molecule has 226 valence electrons. The average molecular weight is 617 g/mol. The molecule has 1 heterocycles. The van der Waals surface area contributed by atoms with E-state index in [1.807, 2.05) is 13.8 Å². The van der Waals surface area contributed by atoms with Gasteiger partial charge in [-0.2, -0.15) is 0 Å². The fraction of sp³-hybridized carbons (Fsp3) is 0.212. The number of nitrogens with one attached hydrogen (secondary N) is 1. The van der Waals surface area contributed by atoms with Gasteiger partial charge in [0, 0.05) is 35.0 Å². The van der Waals surface area contributed by atoms with Crippen molar-refractivity contribution in [3.8, 4) is 22.3 Å². The maximum absolute atomic E-state index is 14.0. The first-order chi connectivity index (χ1) is 20.4. The molecule has 0 bridgehead atoms. The van der Waals surface area contributed by atoms with Crippen LogP contribution in [-0.2, 0) is 4.79 Å². The smallest absolute Gasteiger partial charge is 1.00 e. The zero-order valence-corrected chi connectivity index (χ0v) is 26.5. The summed E-state index contributed by atoms with van der Waals surface area (Å²) < 4.78 is 43.3. The van der Waals surface area contributed by atoms with E-state index >= 15 is 0 Å². The summed E-state index contributed by atoms with van der Waals surface area (Å²) in [5, 5.41) is 32.4. The molecule has 44 heavy (non-hydrogen) atoms. The minimum absolute atomic E-state index is 0. The molecule has 4 rings (SSSR count). The Morgan fingerprint density at radius 3 is 1.80 bits per heavy atom. The Bertz CT molecular complexity index is 1630. The van der Waals surface area contributed by atoms with E-state index in [0.717, 1.165) is 0 Å². The molecule has 0 fully saturated rings. The molecule has 0 aliphatic carbocycles. The first kappa shape index (κ1) is 34.8. The number of carboxylic acid groups (broad SMARTS) is 1. The first-order valence-corrected chi connectivity index (χ1v) is 13.6. The van der Waals surface area contributed by atoms with Crippen LogP contribution >= 0.6 is 0 Å². The molecule has 0 aliphatic heterocycles. The van der Waals surface area contributed by atoms with Crippen molar-refractivity contribution in [1.29, 1.82) is 0 Å². The Labute approximate surface area is 276 Å². The molecule has 0 radical (unpaired) electrons. The molecule has 2 atom stereocenters. The monoisotopic (exact) mass is 616 g/mol. The molecule has 0 unspecified atom stereocenters. The first-order valence-electron chi connectivity index (χ1n) is 13.6. The molecular weight excluding hydrogens is 584 g/mol. The van der Waals surface area contributed by atoms with Gasteiger partial charge in [0.1, 0.15) is 23.1 Å². The van der Waals surface area contributed by atoms with Crippen molar-refractivity contribution >= 4 is 23.6 Å². The van der Waals surface area contributed by atoms with Crippen molar-refractivity contribution in [2.24, 2.45) is 0 Å². The van der Waals surface area contributed by atoms with Crippen LogP contribution in [0.5, 0.6) is 0 Å². The fourth-order valence-corrected chi connectivity index (χ4v) is 4.91. The third kappa shape index (κ3) is 8.49. The number of aromatic nitrogens is 1. The Kier molecular flexibility index (Phi) is 12.2. The van der Waals surface area contributed by atoms with E-state index in [-0.39, 0.29) is 49.1 Å². The third-order valence-corrected chi connectivity index (χ3v) is 6.74. The topological polar surface area (TPSA) is 112 Å². The Morgan fingerprint density at radius 1 is 0.841 bits per heavy atom. The van der Waals surface area contributed by atoms with Gasteiger partial charge < -0.3 is 26.6 Å². The van der Waals surface area contributed by atoms with Crippen LogP contribution in [-0.4, -0.2) is 44.0 Å². The number of nitrogens with zero attached hydrogens (tertiary/aromatic N) is 1. The number of carboxylic acids is 1. The van der Waals surface area contributed by atoms with Crippen LogP contribution in [0.1, 0.15) is 50.3 Å². The zero-order valence-electron chi connectivity index (χ0n) is 25.5. The number of hydrogen-bond acceptors (Lipinski definition) is 4. The SMILES string of the molecule is CC(C)n1c(C=C[C@@H](O)C[C@@H](O)CC(=O)O)c(-c2ccc(F)cc2)c(-c2ccc(F)cc2)c1C(=O)Nc1ccc(F)cc1.[H-].[Na+]. The number of aliphatic hydroxyl groups excluding tert-OH is 2. The second-order valence-corrected chi connectivity index (χ2v) is 10.3. The Morgan fingerprint density at radius 2 is 1.32 bits per heavy atom. The fourth-order valence-electron chi connectivity index (χ4n) is 4.91. The number of amides is 1. The van der Waals surface area contributed by atoms with Gasteiger partial charge in [0.2, 0.25) is 0 Å². The normalized spacial score (nSPS) is 12.6. The average Bonchev–Trinajstić information content (AvgIpc) is 3.29. The number of carbonyl (C=O) groups is 2. The predicted octanol–water partition coefficient (Wildman–Crippen LogP) is 3.79. The van der Waals surface area contributed by atoms with Crippen molar-refractivity contribution in [2.45, 2.75) is 44.9 Å². The number of aliphatic carboxylic acids is 1. The molecule has 1 amide bonds. The van der Waals surface area contributed by atoms with E-state index in [2.05, 4.69) is 5.32 Å². The van der Waals surface area contributed by atoms with Crippen LogP contribution in [0.15, 0.2) is 78.9 Å². The number of anilines is 1. The molecule has 11 heteroatoms. The van der Waals surface area contributed by atoms with Crippen LogP contribution in [0.3, 0.4) is 0 Å². The van der Waals surface area contributed by atoms with Crippen LogP contribution in [0.25, 0.3) is 28.3 Å². The number of halogens is 3. The van der Waals surface area contributed by atoms with Gasteiger partial charge in [-0.05, 0) is 79.6 Å². The Balaban J connectivity index is 0.00000353. The second kappa shape index (κ2) is 15.4. The van der Waals surface area contributed by atoms with Crippen LogP contribution in [0, 0.1) is 17.5 Å². The summed E-state index contributed by atoms with van der Waals surface area (Å²) in [5.41, 5.74) is 2.84. The maximum Gasteiger partial charge on any atom is 1.00 e. The van der Waals surface area contributed by atoms with Gasteiger partial charge in [0.05, 0.1) is 18.6 Å². The van der Waals surface area contributed by atoms with Crippen molar-refractivity contribution < 1.29 is 69.1 Å².